The molecule has 62 heavy (non-hydrogen) atoms. The van der Waals surface area contributed by atoms with E-state index in [2.05, 4.69) is 46.6 Å². The van der Waals surface area contributed by atoms with E-state index in [0.717, 1.165) is 61.1 Å². The van der Waals surface area contributed by atoms with Crippen LogP contribution in [0.3, 0.4) is 0 Å². The second-order valence-electron chi connectivity index (χ2n) is 14.9. The molecule has 0 aromatic carbocycles. The molecule has 0 aliphatic carbocycles. The number of aromatic nitrogens is 4. The van der Waals surface area contributed by atoms with E-state index in [1.54, 1.807) is 0 Å². The number of carbonyl (C=O) groups is 3. The van der Waals surface area contributed by atoms with Crippen molar-refractivity contribution in [3.05, 3.63) is 24.8 Å². The lowest BCUT2D eigenvalue weighted by atomic mass is 9.87. The number of rotatable bonds is 29. The number of unbranched alkanes of at least 4 members (excludes halogenated alkanes) is 7. The zero-order chi connectivity index (χ0) is 46.1. The van der Waals surface area contributed by atoms with Gasteiger partial charge < -0.3 is 50.9 Å². The third kappa shape index (κ3) is 18.4. The van der Waals surface area contributed by atoms with Gasteiger partial charge in [0.25, 0.3) is 0 Å². The Kier molecular flexibility index (Phi) is 21.7. The van der Waals surface area contributed by atoms with Gasteiger partial charge in [0.1, 0.15) is 36.3 Å². The number of ether oxygens (including phenoxy) is 1. The van der Waals surface area contributed by atoms with Gasteiger partial charge in [-0.05, 0) is 26.2 Å². The van der Waals surface area contributed by atoms with Crippen LogP contribution in [-0.2, 0) is 50.7 Å². The van der Waals surface area contributed by atoms with Crippen molar-refractivity contribution in [3.8, 4) is 0 Å². The molecule has 2 aromatic heterocycles. The summed E-state index contributed by atoms with van der Waals surface area (Å²) in [5.41, 5.74) is 4.28. The van der Waals surface area contributed by atoms with Gasteiger partial charge in [-0.2, -0.15) is 4.31 Å². The van der Waals surface area contributed by atoms with Crippen molar-refractivity contribution in [1.82, 2.24) is 30.2 Å². The Morgan fingerprint density at radius 2 is 1.63 bits per heavy atom. The summed E-state index contributed by atoms with van der Waals surface area (Å²) in [4.78, 5) is 88.1. The Balaban J connectivity index is 1.37. The van der Waals surface area contributed by atoms with Crippen LogP contribution in [0.4, 0.5) is 5.82 Å². The van der Waals surface area contributed by atoms with Crippen molar-refractivity contribution < 1.29 is 80.5 Å². The first-order valence-corrected chi connectivity index (χ1v) is 25.2. The van der Waals surface area contributed by atoms with Crippen LogP contribution in [0.15, 0.2) is 24.8 Å². The number of thioether (sulfide) groups is 1. The average Bonchev–Trinajstić information content (AvgIpc) is 3.75. The number of fused-ring (bicyclic) bond motifs is 1. The molecule has 3 heterocycles. The van der Waals surface area contributed by atoms with Crippen LogP contribution in [0.5, 0.6) is 0 Å². The summed E-state index contributed by atoms with van der Waals surface area (Å²) < 4.78 is 62.3. The maximum atomic E-state index is 12.7. The minimum Gasteiger partial charge on any atom is -0.386 e. The van der Waals surface area contributed by atoms with Crippen molar-refractivity contribution in [2.45, 2.75) is 116 Å². The molecular weight excluding hydrogens is 903 g/mol. The monoisotopic (exact) mass is 961 g/mol. The number of aliphatic hydroxyl groups is 2. The topological polar surface area (TPSA) is 364 Å². The second-order valence-corrected chi connectivity index (χ2v) is 20.3. The summed E-state index contributed by atoms with van der Waals surface area (Å²) in [7, 11) is -16.4. The molecule has 24 nitrogen and oxygen atoms in total. The van der Waals surface area contributed by atoms with E-state index in [0.29, 0.717) is 12.2 Å². The molecule has 7 atom stereocenters. The number of allylic oxidation sites excluding steroid dienone is 2. The highest BCUT2D eigenvalue weighted by atomic mass is 32.2. The number of hydrogen-bond donors (Lipinski definition) is 9. The zero-order valence-corrected chi connectivity index (χ0v) is 38.1. The number of nitrogens with one attached hydrogen (secondary N) is 2. The first-order chi connectivity index (χ1) is 29.1. The fourth-order valence-corrected chi connectivity index (χ4v) is 9.50. The molecule has 7 unspecified atom stereocenters. The lowest BCUT2D eigenvalue weighted by Crippen LogP contribution is -2.46. The molecule has 1 fully saturated rings. The van der Waals surface area contributed by atoms with E-state index in [-0.39, 0.29) is 41.6 Å². The fourth-order valence-electron chi connectivity index (χ4n) is 5.95. The van der Waals surface area contributed by atoms with E-state index in [9.17, 15) is 57.9 Å². The highest BCUT2D eigenvalue weighted by Gasteiger charge is 2.50. The lowest BCUT2D eigenvalue weighted by Gasteiger charge is -2.30. The Hall–Kier alpha value is -2.70. The van der Waals surface area contributed by atoms with Gasteiger partial charge in [-0.3, -0.25) is 32.5 Å². The standard InChI is InChI=1S/C34H58N7O17P3S/c1-4-5-6-7-8-9-10-11-12-13-14-25(43)62-18-17-36-24(42)15-16-37-32(46)29(45)34(2,3)20-55-61(52,53)58-60(50,51)54-19-23-28(57-59(47,48)49)27(44)33(56-23)41-22-40-26-30(35)38-21-39-31(26)41/h4-5,21-23,27-29,33,44-45H,6-20H2,1-3H3,(H,36,42)(H,37,46)(H,50,51)(H,52,53)(H2,35,38,39)(H2,47,48,49)/b5-4+. The van der Waals surface area contributed by atoms with Crippen LogP contribution >= 0.6 is 35.2 Å². The number of aliphatic hydroxyl groups excluding tert-OH is 2. The molecule has 10 N–H and O–H groups in total. The molecule has 0 radical (unpaired) electrons. The number of hydrogen-bond acceptors (Lipinski definition) is 18. The van der Waals surface area contributed by atoms with Crippen LogP contribution in [0, 0.1) is 5.41 Å². The van der Waals surface area contributed by atoms with E-state index < -0.39 is 84.6 Å². The number of nitrogen functional groups attached to an aromatic ring is 1. The number of nitrogens with two attached hydrogens (primary N) is 1. The molecule has 2 amide bonds. The summed E-state index contributed by atoms with van der Waals surface area (Å²) in [6.45, 7) is 2.58. The smallest absolute Gasteiger partial charge is 0.386 e. The lowest BCUT2D eigenvalue weighted by molar-refractivity contribution is -0.137. The minimum atomic E-state index is -5.57. The van der Waals surface area contributed by atoms with Crippen LogP contribution < -0.4 is 16.4 Å². The average molecular weight is 962 g/mol. The predicted molar refractivity (Wildman–Crippen MR) is 223 cm³/mol. The number of amides is 2. The third-order valence-electron chi connectivity index (χ3n) is 9.25. The van der Waals surface area contributed by atoms with Gasteiger partial charge in [0.05, 0.1) is 19.5 Å². The Bertz CT molecular complexity index is 1950. The van der Waals surface area contributed by atoms with Gasteiger partial charge in [0.15, 0.2) is 22.8 Å². The van der Waals surface area contributed by atoms with Crippen LogP contribution in [-0.4, -0.2) is 123 Å². The van der Waals surface area contributed by atoms with Crippen LogP contribution in [0.25, 0.3) is 11.2 Å². The molecule has 0 bridgehead atoms. The molecule has 1 aliphatic rings. The van der Waals surface area contributed by atoms with Gasteiger partial charge in [-0.15, -0.1) is 0 Å². The molecule has 0 saturated carbocycles. The fraction of sp³-hybridized carbons (Fsp3) is 0.706. The van der Waals surface area contributed by atoms with Gasteiger partial charge in [0, 0.05) is 37.1 Å². The third-order valence-corrected chi connectivity index (χ3v) is 13.3. The van der Waals surface area contributed by atoms with E-state index in [1.807, 2.05) is 6.92 Å². The number of imidazole rings is 1. The normalized spacial score (nSPS) is 20.9. The largest absolute Gasteiger partial charge is 0.481 e. The van der Waals surface area contributed by atoms with Gasteiger partial charge >= 0.3 is 23.5 Å². The molecular formula is C34H58N7O17P3S. The Morgan fingerprint density at radius 1 is 0.968 bits per heavy atom. The van der Waals surface area contributed by atoms with Gasteiger partial charge in [-0.1, -0.05) is 69.9 Å². The van der Waals surface area contributed by atoms with E-state index >= 15 is 0 Å². The van der Waals surface area contributed by atoms with Crippen molar-refractivity contribution in [3.63, 3.8) is 0 Å². The highest BCUT2D eigenvalue weighted by Crippen LogP contribution is 2.61. The molecule has 28 heteroatoms. The first kappa shape index (κ1) is 53.6. The van der Waals surface area contributed by atoms with Crippen molar-refractivity contribution in [2.75, 3.05) is 37.8 Å². The quantitative estimate of drug-likeness (QED) is 0.0321. The number of phosphoric ester groups is 3. The van der Waals surface area contributed by atoms with Gasteiger partial charge in [-0.25, -0.2) is 28.6 Å². The summed E-state index contributed by atoms with van der Waals surface area (Å²) >= 11 is 1.14. The Labute approximate surface area is 362 Å². The molecule has 352 valence electrons. The molecule has 1 aliphatic heterocycles. The maximum absolute atomic E-state index is 12.7. The summed E-state index contributed by atoms with van der Waals surface area (Å²) in [6.07, 6.45) is 6.65. The van der Waals surface area contributed by atoms with Crippen LogP contribution in [0.2, 0.25) is 0 Å². The second kappa shape index (κ2) is 25.1. The number of phosphoric acid groups is 3. The predicted octanol–water partition coefficient (Wildman–Crippen LogP) is 2.75. The van der Waals surface area contributed by atoms with Crippen LogP contribution in [0.1, 0.15) is 91.2 Å². The van der Waals surface area contributed by atoms with Gasteiger partial charge in [0.2, 0.25) is 11.8 Å². The van der Waals surface area contributed by atoms with Crippen molar-refractivity contribution in [2.24, 2.45) is 5.41 Å². The van der Waals surface area contributed by atoms with E-state index in [4.69, 9.17) is 19.5 Å². The SMILES string of the molecule is C/C=C/CCCCCCCCCC(=O)SCCNC(=O)CCNC(=O)C(O)C(C)(C)COP(=O)(O)OP(=O)(O)OCC1OC(n2cnc3c(N)ncnc32)C(O)C1OP(=O)(O)O. The summed E-state index contributed by atoms with van der Waals surface area (Å²) in [5.74, 6) is -1.03. The first-order valence-electron chi connectivity index (χ1n) is 19.7. The van der Waals surface area contributed by atoms with Crippen molar-refractivity contribution >= 4 is 69.1 Å². The number of anilines is 1. The van der Waals surface area contributed by atoms with E-state index in [1.165, 1.54) is 33.1 Å². The summed E-state index contributed by atoms with van der Waals surface area (Å²) in [6, 6.07) is 0. The zero-order valence-electron chi connectivity index (χ0n) is 34.6. The maximum Gasteiger partial charge on any atom is 0.481 e. The number of carbonyl (C=O) groups excluding carboxylic acids is 3. The molecule has 2 aromatic rings. The minimum absolute atomic E-state index is 0.0325. The molecule has 3 rings (SSSR count). The molecule has 0 spiro atoms. The van der Waals surface area contributed by atoms with Crippen molar-refractivity contribution in [1.29, 1.82) is 0 Å². The molecule has 1 saturated heterocycles. The highest BCUT2D eigenvalue weighted by molar-refractivity contribution is 8.13. The number of nitrogens with zero attached hydrogens (tertiary/aromatic N) is 4. The Morgan fingerprint density at radius 3 is 2.31 bits per heavy atom. The summed E-state index contributed by atoms with van der Waals surface area (Å²) in [5, 5.41) is 26.6.